The first-order chi connectivity index (χ1) is 14.6. The number of pyridine rings is 1. The lowest BCUT2D eigenvalue weighted by atomic mass is 9.90. The van der Waals surface area contributed by atoms with Gasteiger partial charge in [0.2, 0.25) is 10.0 Å². The molecule has 30 heavy (non-hydrogen) atoms. The number of anilines is 1. The molecule has 1 atom stereocenters. The highest BCUT2D eigenvalue weighted by molar-refractivity contribution is 7.88. The number of nitrogens with one attached hydrogen (secondary N) is 1. The second kappa shape index (κ2) is 7.25. The number of piperidine rings is 1. The molecule has 8 nitrogen and oxygen atoms in total. The summed E-state index contributed by atoms with van der Waals surface area (Å²) in [6, 6.07) is 2.86. The van der Waals surface area contributed by atoms with E-state index in [0.29, 0.717) is 37.0 Å². The maximum atomic E-state index is 11.9. The zero-order valence-corrected chi connectivity index (χ0v) is 18.5. The molecule has 1 saturated heterocycles. The first-order valence-corrected chi connectivity index (χ1v) is 12.3. The number of fused-ring (bicyclic) bond motifs is 2. The van der Waals surface area contributed by atoms with Gasteiger partial charge in [0.1, 0.15) is 10.8 Å². The molecular formula is C20H25ClN6O2S. The van der Waals surface area contributed by atoms with E-state index in [2.05, 4.69) is 20.0 Å². The van der Waals surface area contributed by atoms with Crippen molar-refractivity contribution < 1.29 is 9.79 Å². The van der Waals surface area contributed by atoms with Crippen LogP contribution in [0.15, 0.2) is 24.5 Å². The summed E-state index contributed by atoms with van der Waals surface area (Å²) in [4.78, 5) is 9.51. The number of aromatic amines is 1. The average Bonchev–Trinajstić information content (AvgIpc) is 3.31. The third kappa shape index (κ3) is 3.38. The minimum atomic E-state index is -3.16. The monoisotopic (exact) mass is 449 g/mol. The molecular weight excluding hydrogens is 424 g/mol. The Balaban J connectivity index is 1.49. The smallest absolute Gasteiger partial charge is 0.211 e. The predicted octanol–water partition coefficient (Wildman–Crippen LogP) is 2.96. The summed E-state index contributed by atoms with van der Waals surface area (Å²) in [6.07, 6.45) is 6.54. The molecule has 0 bridgehead atoms. The Morgan fingerprint density at radius 1 is 1.33 bits per heavy atom. The van der Waals surface area contributed by atoms with Crippen LogP contribution in [0.4, 0.5) is 5.69 Å². The number of hydrogen-bond acceptors (Lipinski definition) is 5. The molecule has 5 heterocycles. The molecule has 0 radical (unpaired) electrons. The van der Waals surface area contributed by atoms with Gasteiger partial charge >= 0.3 is 0 Å². The van der Waals surface area contributed by atoms with Gasteiger partial charge < -0.3 is 9.88 Å². The highest BCUT2D eigenvalue weighted by Crippen LogP contribution is 2.37. The van der Waals surface area contributed by atoms with E-state index in [9.17, 15) is 8.42 Å². The third-order valence-corrected chi connectivity index (χ3v) is 7.75. The van der Waals surface area contributed by atoms with Gasteiger partial charge in [-0.3, -0.25) is 4.68 Å². The summed E-state index contributed by atoms with van der Waals surface area (Å²) in [5.41, 5.74) is 3.81. The van der Waals surface area contributed by atoms with Gasteiger partial charge in [-0.15, -0.1) is 0 Å². The Bertz CT molecular complexity index is 1250. The number of sulfonamides is 1. The molecule has 2 aliphatic heterocycles. The molecule has 160 valence electrons. The summed E-state index contributed by atoms with van der Waals surface area (Å²) in [7, 11) is -3.16. The normalized spacial score (nSPS) is 24.2. The molecule has 3 aromatic heterocycles. The molecule has 10 heteroatoms. The molecule has 0 aromatic carbocycles. The van der Waals surface area contributed by atoms with Crippen LogP contribution in [0.1, 0.15) is 38.3 Å². The van der Waals surface area contributed by atoms with Crippen molar-refractivity contribution in [3.05, 3.63) is 40.9 Å². The molecule has 5 rings (SSSR count). The second-order valence-electron chi connectivity index (χ2n) is 8.17. The number of nitrogens with zero attached hydrogens (tertiary/aromatic N) is 5. The van der Waals surface area contributed by atoms with E-state index in [-0.39, 0.29) is 5.92 Å². The molecule has 0 aliphatic carbocycles. The molecule has 1 fully saturated rings. The van der Waals surface area contributed by atoms with Gasteiger partial charge in [-0.1, -0.05) is 11.6 Å². The predicted molar refractivity (Wildman–Crippen MR) is 117 cm³/mol. The molecule has 0 saturated carbocycles. The van der Waals surface area contributed by atoms with Crippen molar-refractivity contribution in [3.8, 4) is 0 Å². The van der Waals surface area contributed by atoms with Gasteiger partial charge in [-0.05, 0) is 43.4 Å². The molecule has 0 spiro atoms. The Labute approximate surface area is 182 Å². The van der Waals surface area contributed by atoms with Crippen LogP contribution in [0.3, 0.4) is 0 Å². The zero-order valence-electron chi connectivity index (χ0n) is 18.0. The minimum Gasteiger partial charge on any atom is -0.360 e. The highest BCUT2D eigenvalue weighted by atomic mass is 35.5. The van der Waals surface area contributed by atoms with Crippen LogP contribution in [-0.2, 0) is 23.1 Å². The Morgan fingerprint density at radius 2 is 2.10 bits per heavy atom. The van der Waals surface area contributed by atoms with Crippen molar-refractivity contribution in [2.45, 2.75) is 44.8 Å². The zero-order chi connectivity index (χ0) is 22.0. The van der Waals surface area contributed by atoms with Gasteiger partial charge in [-0.25, -0.2) is 17.7 Å². The number of rotatable bonds is 3. The molecule has 2 aliphatic rings. The van der Waals surface area contributed by atoms with E-state index in [1.807, 2.05) is 36.1 Å². The summed E-state index contributed by atoms with van der Waals surface area (Å²) in [5, 5.41) is 5.90. The van der Waals surface area contributed by atoms with Crippen molar-refractivity contribution >= 4 is 38.3 Å². The van der Waals surface area contributed by atoms with E-state index < -0.39 is 16.0 Å². The molecule has 1 N–H and O–H groups in total. The fraction of sp³-hybridized carbons (Fsp3) is 0.500. The van der Waals surface area contributed by atoms with E-state index in [0.717, 1.165) is 35.2 Å². The van der Waals surface area contributed by atoms with Crippen LogP contribution in [-0.4, -0.2) is 57.8 Å². The third-order valence-electron chi connectivity index (χ3n) is 6.26. The Kier molecular flexibility index (Phi) is 4.51. The molecule has 0 unspecified atom stereocenters. The van der Waals surface area contributed by atoms with Crippen LogP contribution in [0.5, 0.6) is 0 Å². The average molecular weight is 450 g/mol. The molecule has 0 amide bonds. The van der Waals surface area contributed by atoms with Crippen LogP contribution >= 0.6 is 11.6 Å². The summed E-state index contributed by atoms with van der Waals surface area (Å²) in [5.74, 6) is 0.256. The topological polar surface area (TPSA) is 87.1 Å². The number of halogens is 1. The van der Waals surface area contributed by atoms with Gasteiger partial charge in [0.05, 0.1) is 38.3 Å². The lowest BCUT2D eigenvalue weighted by Crippen LogP contribution is -2.42. The van der Waals surface area contributed by atoms with Crippen molar-refractivity contribution in [3.63, 3.8) is 0 Å². The SMILES string of the molecule is [2H][C@@]1(C)Cn2ncc(C3CCN(S(C)(=O)=O)CC3)c2CN1c1cc(Cl)nc2[nH]ccc12. The van der Waals surface area contributed by atoms with Gasteiger partial charge in [-0.2, -0.15) is 5.10 Å². The van der Waals surface area contributed by atoms with Crippen LogP contribution in [0.2, 0.25) is 5.15 Å². The maximum absolute atomic E-state index is 11.9. The van der Waals surface area contributed by atoms with Crippen molar-refractivity contribution in [1.82, 2.24) is 24.1 Å². The van der Waals surface area contributed by atoms with Crippen LogP contribution in [0.25, 0.3) is 11.0 Å². The number of H-pyrrole nitrogens is 1. The van der Waals surface area contributed by atoms with Crippen molar-refractivity contribution in [1.29, 1.82) is 0 Å². The summed E-state index contributed by atoms with van der Waals surface area (Å²) in [6.45, 7) is 3.89. The molecule has 3 aromatic rings. The highest BCUT2D eigenvalue weighted by Gasteiger charge is 2.32. The second-order valence-corrected chi connectivity index (χ2v) is 10.5. The summed E-state index contributed by atoms with van der Waals surface area (Å²) >= 11 is 6.29. The van der Waals surface area contributed by atoms with E-state index >= 15 is 0 Å². The maximum Gasteiger partial charge on any atom is 0.211 e. The standard InChI is InChI=1S/C20H25ClN6O2S/c1-13-11-27-18(12-26(13)17-9-19(21)24-20-15(17)3-6-22-20)16(10-23-27)14-4-7-25(8-5-14)30(2,28)29/h3,6,9-10,13-14H,4-5,7-8,11-12H2,1-2H3,(H,22,24)/t13-/m1/s1/i13D. The van der Waals surface area contributed by atoms with E-state index in [1.165, 1.54) is 6.26 Å². The largest absolute Gasteiger partial charge is 0.360 e. The summed E-state index contributed by atoms with van der Waals surface area (Å²) < 4.78 is 36.2. The quantitative estimate of drug-likeness (QED) is 0.621. The van der Waals surface area contributed by atoms with Gasteiger partial charge in [0.15, 0.2) is 0 Å². The van der Waals surface area contributed by atoms with Gasteiger partial charge in [0, 0.05) is 30.7 Å². The Morgan fingerprint density at radius 3 is 2.83 bits per heavy atom. The van der Waals surface area contributed by atoms with Gasteiger partial charge in [0.25, 0.3) is 0 Å². The first kappa shape index (κ1) is 18.7. The minimum absolute atomic E-state index is 0.256. The number of aromatic nitrogens is 4. The number of hydrogen-bond donors (Lipinski definition) is 1. The fourth-order valence-electron chi connectivity index (χ4n) is 4.66. The first-order valence-electron chi connectivity index (χ1n) is 10.5. The van der Waals surface area contributed by atoms with Crippen LogP contribution in [0, 0.1) is 0 Å². The van der Waals surface area contributed by atoms with Crippen molar-refractivity contribution in [2.75, 3.05) is 24.2 Å². The lowest BCUT2D eigenvalue weighted by Gasteiger charge is -2.37. The Hall–Kier alpha value is -2.10. The van der Waals surface area contributed by atoms with Crippen LogP contribution < -0.4 is 4.90 Å². The van der Waals surface area contributed by atoms with E-state index in [4.69, 9.17) is 13.0 Å². The van der Waals surface area contributed by atoms with E-state index in [1.54, 1.807) is 4.31 Å². The fourth-order valence-corrected chi connectivity index (χ4v) is 5.73. The van der Waals surface area contributed by atoms with Crippen molar-refractivity contribution in [2.24, 2.45) is 0 Å². The lowest BCUT2D eigenvalue weighted by molar-refractivity contribution is 0.319.